The topological polar surface area (TPSA) is 110 Å². The number of nitrogens with zero attached hydrogens (tertiary/aromatic N) is 1. The highest BCUT2D eigenvalue weighted by molar-refractivity contribution is 6.06. The standard InChI is InChI=1S/C14H12FN3O4/c15-11-7(12(16)20)2-1-6-5-18(14(22)10(6)11)8-3-4-9(19)17-13(8)21/h1-2,8H,3-5H2,(H2,16,20)(H,17,19,21). The second-order valence-electron chi connectivity index (χ2n) is 5.23. The van der Waals surface area contributed by atoms with Gasteiger partial charge < -0.3 is 10.6 Å². The number of hydrogen-bond donors (Lipinski definition) is 2. The highest BCUT2D eigenvalue weighted by Crippen LogP contribution is 2.30. The molecule has 1 saturated heterocycles. The predicted molar refractivity (Wildman–Crippen MR) is 71.0 cm³/mol. The Morgan fingerprint density at radius 2 is 2.05 bits per heavy atom. The third-order valence-electron chi connectivity index (χ3n) is 3.90. The van der Waals surface area contributed by atoms with Crippen LogP contribution in [-0.4, -0.2) is 34.6 Å². The number of imide groups is 1. The Morgan fingerprint density at radius 3 is 2.68 bits per heavy atom. The number of piperidine rings is 1. The van der Waals surface area contributed by atoms with E-state index in [2.05, 4.69) is 5.32 Å². The Bertz CT molecular complexity index is 731. The maximum Gasteiger partial charge on any atom is 0.258 e. The molecule has 0 bridgehead atoms. The van der Waals surface area contributed by atoms with Crippen molar-refractivity contribution in [2.75, 3.05) is 0 Å². The summed E-state index contributed by atoms with van der Waals surface area (Å²) in [5.74, 6) is -3.58. The molecule has 114 valence electrons. The summed E-state index contributed by atoms with van der Waals surface area (Å²) in [7, 11) is 0. The highest BCUT2D eigenvalue weighted by atomic mass is 19.1. The number of rotatable bonds is 2. The molecule has 0 radical (unpaired) electrons. The van der Waals surface area contributed by atoms with E-state index in [-0.39, 0.29) is 30.5 Å². The first kappa shape index (κ1) is 14.2. The van der Waals surface area contributed by atoms with Gasteiger partial charge in [0.1, 0.15) is 11.9 Å². The van der Waals surface area contributed by atoms with Crippen LogP contribution in [0.15, 0.2) is 12.1 Å². The van der Waals surface area contributed by atoms with Crippen molar-refractivity contribution in [2.45, 2.75) is 25.4 Å². The van der Waals surface area contributed by atoms with Gasteiger partial charge in [-0.05, 0) is 18.1 Å². The fraction of sp³-hybridized carbons (Fsp3) is 0.286. The van der Waals surface area contributed by atoms with Gasteiger partial charge in [-0.2, -0.15) is 0 Å². The Balaban J connectivity index is 1.95. The van der Waals surface area contributed by atoms with E-state index in [9.17, 15) is 23.6 Å². The molecule has 1 unspecified atom stereocenters. The SMILES string of the molecule is NC(=O)c1ccc2c(c1F)C(=O)N(C1CCC(=O)NC1=O)C2. The lowest BCUT2D eigenvalue weighted by Gasteiger charge is -2.29. The zero-order chi connectivity index (χ0) is 16.0. The molecule has 0 aromatic heterocycles. The van der Waals surface area contributed by atoms with E-state index in [0.717, 1.165) is 0 Å². The summed E-state index contributed by atoms with van der Waals surface area (Å²) in [5.41, 5.74) is 4.85. The molecule has 0 saturated carbocycles. The minimum atomic E-state index is -0.968. The predicted octanol–water partition coefficient (Wildman–Crippen LogP) is -0.314. The monoisotopic (exact) mass is 305 g/mol. The Hall–Kier alpha value is -2.77. The van der Waals surface area contributed by atoms with Crippen LogP contribution in [0.4, 0.5) is 4.39 Å². The molecule has 2 heterocycles. The molecule has 22 heavy (non-hydrogen) atoms. The fourth-order valence-electron chi connectivity index (χ4n) is 2.80. The molecule has 8 heteroatoms. The van der Waals surface area contributed by atoms with E-state index in [1.165, 1.54) is 17.0 Å². The Kier molecular flexibility index (Phi) is 3.16. The molecular formula is C14H12FN3O4. The molecule has 1 fully saturated rings. The van der Waals surface area contributed by atoms with Crippen LogP contribution in [0.5, 0.6) is 0 Å². The molecule has 2 aliphatic heterocycles. The van der Waals surface area contributed by atoms with Gasteiger partial charge in [0.15, 0.2) is 0 Å². The van der Waals surface area contributed by atoms with Crippen molar-refractivity contribution in [1.29, 1.82) is 0 Å². The van der Waals surface area contributed by atoms with Gasteiger partial charge in [0.2, 0.25) is 11.8 Å². The number of hydrogen-bond acceptors (Lipinski definition) is 4. The molecule has 2 aliphatic rings. The number of carbonyl (C=O) groups is 4. The summed E-state index contributed by atoms with van der Waals surface area (Å²) in [6.45, 7) is 0.0520. The van der Waals surface area contributed by atoms with Crippen molar-refractivity contribution in [2.24, 2.45) is 5.73 Å². The van der Waals surface area contributed by atoms with E-state index in [1.54, 1.807) is 0 Å². The lowest BCUT2D eigenvalue weighted by Crippen LogP contribution is -2.52. The second-order valence-corrected chi connectivity index (χ2v) is 5.23. The summed E-state index contributed by atoms with van der Waals surface area (Å²) in [5, 5.41) is 2.16. The first-order valence-corrected chi connectivity index (χ1v) is 6.66. The van der Waals surface area contributed by atoms with Gasteiger partial charge in [-0.25, -0.2) is 4.39 Å². The van der Waals surface area contributed by atoms with Crippen LogP contribution < -0.4 is 11.1 Å². The lowest BCUT2D eigenvalue weighted by molar-refractivity contribution is -0.136. The van der Waals surface area contributed by atoms with Crippen LogP contribution in [-0.2, 0) is 16.1 Å². The van der Waals surface area contributed by atoms with Gasteiger partial charge in [-0.1, -0.05) is 6.07 Å². The fourth-order valence-corrected chi connectivity index (χ4v) is 2.80. The smallest absolute Gasteiger partial charge is 0.258 e. The van der Waals surface area contributed by atoms with E-state index in [0.29, 0.717) is 5.56 Å². The molecule has 3 rings (SSSR count). The molecule has 0 spiro atoms. The molecule has 0 aliphatic carbocycles. The number of nitrogens with one attached hydrogen (secondary N) is 1. The normalized spacial score (nSPS) is 20.9. The van der Waals surface area contributed by atoms with Crippen LogP contribution >= 0.6 is 0 Å². The van der Waals surface area contributed by atoms with Crippen LogP contribution in [0.1, 0.15) is 39.1 Å². The summed E-state index contributed by atoms with van der Waals surface area (Å²) in [4.78, 5) is 47.8. The van der Waals surface area contributed by atoms with E-state index < -0.39 is 35.5 Å². The maximum atomic E-state index is 14.3. The third kappa shape index (κ3) is 2.03. The number of halogens is 1. The summed E-state index contributed by atoms with van der Waals surface area (Å²) >= 11 is 0. The van der Waals surface area contributed by atoms with Crippen molar-refractivity contribution in [3.05, 3.63) is 34.6 Å². The number of benzene rings is 1. The maximum absolute atomic E-state index is 14.3. The third-order valence-corrected chi connectivity index (χ3v) is 3.90. The quantitative estimate of drug-likeness (QED) is 0.730. The molecular weight excluding hydrogens is 293 g/mol. The number of nitrogens with two attached hydrogens (primary N) is 1. The zero-order valence-electron chi connectivity index (χ0n) is 11.4. The average molecular weight is 305 g/mol. The number of fused-ring (bicyclic) bond motifs is 1. The minimum absolute atomic E-state index is 0.0520. The van der Waals surface area contributed by atoms with Crippen molar-refractivity contribution in [1.82, 2.24) is 10.2 Å². The molecule has 1 aromatic carbocycles. The molecule has 1 atom stereocenters. The molecule has 1 aromatic rings. The second kappa shape index (κ2) is 4.90. The van der Waals surface area contributed by atoms with Crippen LogP contribution in [0, 0.1) is 5.82 Å². The van der Waals surface area contributed by atoms with Crippen molar-refractivity contribution >= 4 is 23.6 Å². The van der Waals surface area contributed by atoms with E-state index in [4.69, 9.17) is 5.73 Å². The highest BCUT2D eigenvalue weighted by Gasteiger charge is 2.41. The number of amides is 4. The first-order valence-electron chi connectivity index (χ1n) is 6.66. The molecule has 4 amide bonds. The van der Waals surface area contributed by atoms with E-state index in [1.807, 2.05) is 0 Å². The Morgan fingerprint density at radius 1 is 1.32 bits per heavy atom. The Labute approximate surface area is 124 Å². The van der Waals surface area contributed by atoms with Crippen molar-refractivity contribution in [3.63, 3.8) is 0 Å². The summed E-state index contributed by atoms with van der Waals surface area (Å²) in [6, 6.07) is 1.84. The van der Waals surface area contributed by atoms with Gasteiger partial charge in [-0.15, -0.1) is 0 Å². The van der Waals surface area contributed by atoms with Crippen molar-refractivity contribution in [3.8, 4) is 0 Å². The molecule has 3 N–H and O–H groups in total. The minimum Gasteiger partial charge on any atom is -0.366 e. The zero-order valence-corrected chi connectivity index (χ0v) is 11.4. The lowest BCUT2D eigenvalue weighted by atomic mass is 10.0. The van der Waals surface area contributed by atoms with Gasteiger partial charge in [0.25, 0.3) is 11.8 Å². The number of carbonyl (C=O) groups excluding carboxylic acids is 4. The summed E-state index contributed by atoms with van der Waals surface area (Å²) < 4.78 is 14.3. The van der Waals surface area contributed by atoms with Gasteiger partial charge in [0.05, 0.1) is 11.1 Å². The van der Waals surface area contributed by atoms with Crippen LogP contribution in [0.3, 0.4) is 0 Å². The summed E-state index contributed by atoms with van der Waals surface area (Å²) in [6.07, 6.45) is 0.306. The largest absolute Gasteiger partial charge is 0.366 e. The van der Waals surface area contributed by atoms with Crippen LogP contribution in [0.2, 0.25) is 0 Å². The van der Waals surface area contributed by atoms with Gasteiger partial charge >= 0.3 is 0 Å². The number of primary amides is 1. The van der Waals surface area contributed by atoms with Gasteiger partial charge in [-0.3, -0.25) is 24.5 Å². The first-order chi connectivity index (χ1) is 10.4. The van der Waals surface area contributed by atoms with Crippen LogP contribution in [0.25, 0.3) is 0 Å². The van der Waals surface area contributed by atoms with Gasteiger partial charge in [0, 0.05) is 13.0 Å². The molecule has 7 nitrogen and oxygen atoms in total. The average Bonchev–Trinajstić information content (AvgIpc) is 2.77. The van der Waals surface area contributed by atoms with E-state index >= 15 is 0 Å². The van der Waals surface area contributed by atoms with Crippen molar-refractivity contribution < 1.29 is 23.6 Å².